The molecule has 0 aromatic heterocycles. The van der Waals surface area contributed by atoms with Crippen LogP contribution in [0.5, 0.6) is 0 Å². The van der Waals surface area contributed by atoms with Gasteiger partial charge in [0.25, 0.3) is 0 Å². The highest BCUT2D eigenvalue weighted by Gasteiger charge is 2.11. The van der Waals surface area contributed by atoms with Crippen LogP contribution < -0.4 is 0 Å². The lowest BCUT2D eigenvalue weighted by Gasteiger charge is -2.09. The summed E-state index contributed by atoms with van der Waals surface area (Å²) >= 11 is 0.210. The molecule has 0 saturated carbocycles. The average Bonchev–Trinajstić information content (AvgIpc) is 2.41. The van der Waals surface area contributed by atoms with Crippen LogP contribution in [0.1, 0.15) is 0 Å². The third-order valence-corrected chi connectivity index (χ3v) is 4.69. The molecule has 0 spiro atoms. The second-order valence-corrected chi connectivity index (χ2v) is 6.24. The van der Waals surface area contributed by atoms with Crippen molar-refractivity contribution in [3.8, 4) is 0 Å². The predicted molar refractivity (Wildman–Crippen MR) is 74.2 cm³/mol. The molecule has 0 aliphatic carbocycles. The molecule has 5 heteroatoms. The van der Waals surface area contributed by atoms with Gasteiger partial charge in [-0.3, -0.25) is 0 Å². The Balaban J connectivity index is 1.82. The Morgan fingerprint density at radius 3 is 2.05 bits per heavy atom. The van der Waals surface area contributed by atoms with Crippen molar-refractivity contribution in [2.24, 2.45) is 0 Å². The quantitative estimate of drug-likeness (QED) is 0.614. The largest absolute Gasteiger partial charge is 0.611 e. The minimum atomic E-state index is -1.19. The van der Waals surface area contributed by atoms with Gasteiger partial charge in [-0.2, -0.15) is 0 Å². The number of hydrogen-bond acceptors (Lipinski definition) is 2. The van der Waals surface area contributed by atoms with Gasteiger partial charge in [0.2, 0.25) is 0 Å². The summed E-state index contributed by atoms with van der Waals surface area (Å²) in [6.45, 7) is 0. The Bertz CT molecular complexity index is 514. The minimum Gasteiger partial charge on any atom is -0.611 e. The molecule has 19 heavy (non-hydrogen) atoms. The molecule has 0 bridgehead atoms. The molecule has 1 atom stereocenters. The smallest absolute Gasteiger partial charge is 0.152 e. The standard InChI is InChI=1S/C14H11F2OS2/c15-11-1-5-13(6-2-11)18-9-10-19(17)14-7-3-12(16)4-8-14/h1-9H,10H2. The highest BCUT2D eigenvalue weighted by molar-refractivity contribution is 8.02. The van der Waals surface area contributed by atoms with Crippen LogP contribution in [0.3, 0.4) is 0 Å². The predicted octanol–water partition coefficient (Wildman–Crippen LogP) is 4.03. The number of thioether (sulfide) groups is 1. The molecular formula is C14H11F2OS2. The molecule has 0 amide bonds. The molecule has 99 valence electrons. The molecule has 2 rings (SSSR count). The first-order valence-corrected chi connectivity index (χ1v) is 7.73. The van der Waals surface area contributed by atoms with Crippen LogP contribution in [0.25, 0.3) is 0 Å². The first kappa shape index (κ1) is 14.4. The summed E-state index contributed by atoms with van der Waals surface area (Å²) in [5.41, 5.74) is 0. The van der Waals surface area contributed by atoms with E-state index >= 15 is 0 Å². The van der Waals surface area contributed by atoms with Crippen LogP contribution in [0.2, 0.25) is 0 Å². The van der Waals surface area contributed by atoms with E-state index in [1.54, 1.807) is 17.9 Å². The van der Waals surface area contributed by atoms with Gasteiger partial charge in [0.05, 0.1) is 5.75 Å². The van der Waals surface area contributed by atoms with E-state index in [2.05, 4.69) is 0 Å². The van der Waals surface area contributed by atoms with Crippen molar-refractivity contribution in [2.75, 3.05) is 5.75 Å². The van der Waals surface area contributed by atoms with E-state index in [0.29, 0.717) is 10.6 Å². The van der Waals surface area contributed by atoms with Crippen molar-refractivity contribution in [3.63, 3.8) is 0 Å². The van der Waals surface area contributed by atoms with Crippen molar-refractivity contribution >= 4 is 22.9 Å². The van der Waals surface area contributed by atoms with Gasteiger partial charge in [0.1, 0.15) is 17.4 Å². The summed E-state index contributed by atoms with van der Waals surface area (Å²) in [7, 11) is 0. The van der Waals surface area contributed by atoms with Crippen molar-refractivity contribution in [1.82, 2.24) is 0 Å². The molecule has 0 fully saturated rings. The van der Waals surface area contributed by atoms with E-state index in [9.17, 15) is 13.3 Å². The Hall–Kier alpha value is -1.04. The lowest BCUT2D eigenvalue weighted by molar-refractivity contribution is 0.596. The SMILES string of the molecule is [O-][S+](C[CH]Sc1ccc(F)cc1)c1ccc(F)cc1. The molecule has 1 radical (unpaired) electrons. The van der Waals surface area contributed by atoms with Crippen LogP contribution in [0.15, 0.2) is 58.3 Å². The molecule has 0 saturated heterocycles. The molecule has 2 aromatic rings. The van der Waals surface area contributed by atoms with Gasteiger partial charge in [0, 0.05) is 4.90 Å². The highest BCUT2D eigenvalue weighted by Crippen LogP contribution is 2.23. The van der Waals surface area contributed by atoms with Crippen LogP contribution in [0.4, 0.5) is 8.78 Å². The fourth-order valence-corrected chi connectivity index (χ4v) is 3.27. The summed E-state index contributed by atoms with van der Waals surface area (Å²) in [4.78, 5) is 1.48. The summed E-state index contributed by atoms with van der Waals surface area (Å²) < 4.78 is 37.3. The lowest BCUT2D eigenvalue weighted by atomic mass is 10.4. The van der Waals surface area contributed by atoms with Crippen molar-refractivity contribution in [1.29, 1.82) is 0 Å². The molecule has 1 nitrogen and oxygen atoms in total. The van der Waals surface area contributed by atoms with Crippen molar-refractivity contribution < 1.29 is 13.3 Å². The number of benzene rings is 2. The number of hydrogen-bond donors (Lipinski definition) is 0. The highest BCUT2D eigenvalue weighted by atomic mass is 32.2. The average molecular weight is 297 g/mol. The Morgan fingerprint density at radius 2 is 1.47 bits per heavy atom. The molecule has 2 aromatic carbocycles. The van der Waals surface area contributed by atoms with Crippen molar-refractivity contribution in [2.45, 2.75) is 9.79 Å². The summed E-state index contributed by atoms with van der Waals surface area (Å²) in [6, 6.07) is 11.7. The van der Waals surface area contributed by atoms with Gasteiger partial charge in [-0.15, -0.1) is 11.8 Å². The van der Waals surface area contributed by atoms with E-state index in [0.717, 1.165) is 4.90 Å². The molecule has 0 heterocycles. The Morgan fingerprint density at radius 1 is 0.947 bits per heavy atom. The second kappa shape index (κ2) is 6.93. The number of rotatable bonds is 5. The van der Waals surface area contributed by atoms with Crippen LogP contribution >= 0.6 is 11.8 Å². The molecule has 1 unspecified atom stereocenters. The third kappa shape index (κ3) is 4.53. The summed E-state index contributed by atoms with van der Waals surface area (Å²) in [6.07, 6.45) is 0. The summed E-state index contributed by atoms with van der Waals surface area (Å²) in [5, 5.41) is 0. The van der Waals surface area contributed by atoms with Gasteiger partial charge in [-0.25, -0.2) is 8.78 Å². The fraction of sp³-hybridized carbons (Fsp3) is 0.0714. The third-order valence-electron chi connectivity index (χ3n) is 2.33. The first-order chi connectivity index (χ1) is 9.15. The first-order valence-electron chi connectivity index (χ1n) is 5.53. The molecule has 0 N–H and O–H groups in total. The van der Waals surface area contributed by atoms with E-state index < -0.39 is 11.2 Å². The zero-order valence-electron chi connectivity index (χ0n) is 9.88. The van der Waals surface area contributed by atoms with Gasteiger partial charge >= 0.3 is 0 Å². The Kier molecular flexibility index (Phi) is 5.24. The summed E-state index contributed by atoms with van der Waals surface area (Å²) in [5.74, 6) is 1.53. The van der Waals surface area contributed by atoms with E-state index in [1.165, 1.54) is 48.2 Å². The normalized spacial score (nSPS) is 12.4. The van der Waals surface area contributed by atoms with Crippen molar-refractivity contribution in [3.05, 3.63) is 65.9 Å². The van der Waals surface area contributed by atoms with Gasteiger partial charge in [-0.05, 0) is 59.7 Å². The van der Waals surface area contributed by atoms with Crippen LogP contribution in [-0.2, 0) is 11.2 Å². The zero-order valence-corrected chi connectivity index (χ0v) is 11.5. The monoisotopic (exact) mass is 297 g/mol. The molecule has 0 aliphatic rings. The maximum absolute atomic E-state index is 12.7. The van der Waals surface area contributed by atoms with E-state index in [1.807, 2.05) is 0 Å². The second-order valence-electron chi connectivity index (χ2n) is 3.70. The van der Waals surface area contributed by atoms with Crippen LogP contribution in [-0.4, -0.2) is 10.3 Å². The van der Waals surface area contributed by atoms with E-state index in [4.69, 9.17) is 0 Å². The fourth-order valence-electron chi connectivity index (χ4n) is 1.39. The Labute approximate surface area is 118 Å². The maximum Gasteiger partial charge on any atom is 0.152 e. The van der Waals surface area contributed by atoms with Gasteiger partial charge < -0.3 is 4.55 Å². The lowest BCUT2D eigenvalue weighted by Crippen LogP contribution is -2.06. The maximum atomic E-state index is 12.7. The van der Waals surface area contributed by atoms with Crippen LogP contribution in [0, 0.1) is 17.4 Å². The van der Waals surface area contributed by atoms with E-state index in [-0.39, 0.29) is 11.6 Å². The van der Waals surface area contributed by atoms with Gasteiger partial charge in [-0.1, -0.05) is 0 Å². The molecule has 0 aliphatic heterocycles. The number of halogens is 2. The molecular weight excluding hydrogens is 286 g/mol. The minimum absolute atomic E-state index is 0.278. The zero-order chi connectivity index (χ0) is 13.7. The topological polar surface area (TPSA) is 23.1 Å². The van der Waals surface area contributed by atoms with Gasteiger partial charge in [0.15, 0.2) is 4.90 Å².